The Morgan fingerprint density at radius 1 is 0.750 bits per heavy atom. The Morgan fingerprint density at radius 3 is 1.08 bits per heavy atom. The Labute approximate surface area is 64.6 Å². The van der Waals surface area contributed by atoms with E-state index in [-0.39, 0.29) is 0 Å². The van der Waals surface area contributed by atoms with Crippen LogP contribution in [-0.4, -0.2) is 12.4 Å². The van der Waals surface area contributed by atoms with E-state index in [1.807, 2.05) is 0 Å². The normalized spacial score (nSPS) is 36.8. The number of rotatable bonds is 0. The molecule has 6 heteroatoms. The predicted octanol–water partition coefficient (Wildman–Crippen LogP) is 2.99. The average molecular weight is 192 g/mol. The minimum absolute atomic E-state index is 0.969. The van der Waals surface area contributed by atoms with Gasteiger partial charge in [-0.15, -0.1) is 0 Å². The lowest BCUT2D eigenvalue weighted by molar-refractivity contribution is -0.191. The zero-order valence-corrected chi connectivity index (χ0v) is 6.00. The van der Waals surface area contributed by atoms with E-state index in [1.165, 1.54) is 0 Å². The molecule has 0 unspecified atom stereocenters. The molecule has 72 valence electrons. The van der Waals surface area contributed by atoms with Crippen LogP contribution in [0.3, 0.4) is 0 Å². The van der Waals surface area contributed by atoms with Crippen LogP contribution >= 0.6 is 0 Å². The summed E-state index contributed by atoms with van der Waals surface area (Å²) in [6.45, 7) is 0.969. The van der Waals surface area contributed by atoms with Crippen LogP contribution in [0.2, 0.25) is 0 Å². The first kappa shape index (κ1) is 9.67. The maximum Gasteiger partial charge on any atom is 0.392 e. The third kappa shape index (κ3) is 1.51. The summed E-state index contributed by atoms with van der Waals surface area (Å²) in [5, 5.41) is 0. The Bertz CT molecular complexity index is 157. The second-order valence-corrected chi connectivity index (χ2v) is 2.99. The lowest BCUT2D eigenvalue weighted by Crippen LogP contribution is -2.19. The molecule has 0 aromatic carbocycles. The summed E-state index contributed by atoms with van der Waals surface area (Å²) in [7, 11) is 0. The maximum absolute atomic E-state index is 11.8. The van der Waals surface area contributed by atoms with Crippen molar-refractivity contribution in [2.45, 2.75) is 19.3 Å². The molecule has 1 rings (SSSR count). The van der Waals surface area contributed by atoms with E-state index in [0.717, 1.165) is 6.92 Å². The number of halogens is 6. The van der Waals surface area contributed by atoms with Gasteiger partial charge >= 0.3 is 12.4 Å². The van der Waals surface area contributed by atoms with Gasteiger partial charge in [0.2, 0.25) is 0 Å². The summed E-state index contributed by atoms with van der Waals surface area (Å²) in [6, 6.07) is 0. The standard InChI is InChI=1S/C6H6F6/c1-2-3(5(7,8)9)4(2)6(10,11)12/h2-4H,1H3/t3-,4-/m0/s1. The molecule has 1 saturated carbocycles. The minimum atomic E-state index is -4.71. The molecule has 0 aliphatic heterocycles. The maximum atomic E-state index is 11.8. The molecular formula is C6H6F6. The number of hydrogen-bond acceptors (Lipinski definition) is 0. The highest BCUT2D eigenvalue weighted by Gasteiger charge is 2.71. The van der Waals surface area contributed by atoms with Gasteiger partial charge in [-0.05, 0) is 5.92 Å². The van der Waals surface area contributed by atoms with Gasteiger partial charge in [-0.3, -0.25) is 0 Å². The summed E-state index contributed by atoms with van der Waals surface area (Å²) in [5.41, 5.74) is 0. The third-order valence-electron chi connectivity index (χ3n) is 2.13. The predicted molar refractivity (Wildman–Crippen MR) is 28.3 cm³/mol. The van der Waals surface area contributed by atoms with Crippen molar-refractivity contribution in [2.75, 3.05) is 0 Å². The first-order valence-electron chi connectivity index (χ1n) is 3.29. The van der Waals surface area contributed by atoms with Crippen molar-refractivity contribution in [1.82, 2.24) is 0 Å². The van der Waals surface area contributed by atoms with Gasteiger partial charge in [0.15, 0.2) is 0 Å². The number of hydrogen-bond donors (Lipinski definition) is 0. The summed E-state index contributed by atoms with van der Waals surface area (Å²) >= 11 is 0. The summed E-state index contributed by atoms with van der Waals surface area (Å²) in [6.07, 6.45) is -9.42. The van der Waals surface area contributed by atoms with Gasteiger partial charge in [0.25, 0.3) is 0 Å². The van der Waals surface area contributed by atoms with Crippen LogP contribution in [0.5, 0.6) is 0 Å². The quantitative estimate of drug-likeness (QED) is 0.517. The SMILES string of the molecule is CC1[C@H](C(F)(F)F)[C@H]1C(F)(F)F. The molecule has 0 amide bonds. The van der Waals surface area contributed by atoms with Crippen LogP contribution in [-0.2, 0) is 0 Å². The van der Waals surface area contributed by atoms with Gasteiger partial charge in [0.05, 0.1) is 11.8 Å². The molecular weight excluding hydrogens is 186 g/mol. The zero-order valence-electron chi connectivity index (χ0n) is 6.00. The van der Waals surface area contributed by atoms with E-state index >= 15 is 0 Å². The van der Waals surface area contributed by atoms with Crippen molar-refractivity contribution in [3.63, 3.8) is 0 Å². The average Bonchev–Trinajstić information content (AvgIpc) is 2.35. The molecule has 0 spiro atoms. The van der Waals surface area contributed by atoms with Crippen molar-refractivity contribution in [3.05, 3.63) is 0 Å². The molecule has 0 aromatic heterocycles. The van der Waals surface area contributed by atoms with E-state index in [1.54, 1.807) is 0 Å². The summed E-state index contributed by atoms with van der Waals surface area (Å²) in [5.74, 6) is -5.68. The van der Waals surface area contributed by atoms with E-state index in [4.69, 9.17) is 0 Å². The summed E-state index contributed by atoms with van der Waals surface area (Å²) < 4.78 is 70.6. The molecule has 1 aliphatic rings. The van der Waals surface area contributed by atoms with E-state index in [0.29, 0.717) is 0 Å². The van der Waals surface area contributed by atoms with Crippen LogP contribution in [0, 0.1) is 17.8 Å². The minimum Gasteiger partial charge on any atom is -0.171 e. The van der Waals surface area contributed by atoms with Crippen LogP contribution in [0.15, 0.2) is 0 Å². The van der Waals surface area contributed by atoms with Gasteiger partial charge in [0.1, 0.15) is 0 Å². The molecule has 0 saturated heterocycles. The Kier molecular flexibility index (Phi) is 1.85. The molecule has 2 atom stereocenters. The zero-order chi connectivity index (χ0) is 9.73. The van der Waals surface area contributed by atoms with Crippen molar-refractivity contribution in [2.24, 2.45) is 17.8 Å². The van der Waals surface area contributed by atoms with Crippen LogP contribution in [0.1, 0.15) is 6.92 Å². The van der Waals surface area contributed by atoms with Gasteiger partial charge in [0, 0.05) is 0 Å². The summed E-state index contributed by atoms with van der Waals surface area (Å²) in [4.78, 5) is 0. The Balaban J connectivity index is 2.67. The highest BCUT2D eigenvalue weighted by molar-refractivity contribution is 5.02. The van der Waals surface area contributed by atoms with E-state index < -0.39 is 30.1 Å². The highest BCUT2D eigenvalue weighted by Crippen LogP contribution is 2.61. The molecule has 1 fully saturated rings. The van der Waals surface area contributed by atoms with Crippen molar-refractivity contribution >= 4 is 0 Å². The molecule has 1 aliphatic carbocycles. The fourth-order valence-electron chi connectivity index (χ4n) is 1.47. The molecule has 12 heavy (non-hydrogen) atoms. The van der Waals surface area contributed by atoms with Crippen LogP contribution < -0.4 is 0 Å². The smallest absolute Gasteiger partial charge is 0.171 e. The van der Waals surface area contributed by atoms with Crippen LogP contribution in [0.25, 0.3) is 0 Å². The molecule has 0 nitrogen and oxygen atoms in total. The molecule has 0 radical (unpaired) electrons. The lowest BCUT2D eigenvalue weighted by Gasteiger charge is -2.07. The molecule has 0 heterocycles. The third-order valence-corrected chi connectivity index (χ3v) is 2.13. The van der Waals surface area contributed by atoms with Gasteiger partial charge in [-0.25, -0.2) is 0 Å². The largest absolute Gasteiger partial charge is 0.392 e. The number of alkyl halides is 6. The van der Waals surface area contributed by atoms with Crippen molar-refractivity contribution in [1.29, 1.82) is 0 Å². The monoisotopic (exact) mass is 192 g/mol. The van der Waals surface area contributed by atoms with Crippen molar-refractivity contribution < 1.29 is 26.3 Å². The van der Waals surface area contributed by atoms with Gasteiger partial charge < -0.3 is 0 Å². The van der Waals surface area contributed by atoms with Gasteiger partial charge in [-0.2, -0.15) is 26.3 Å². The molecule has 0 N–H and O–H groups in total. The molecule has 0 bridgehead atoms. The van der Waals surface area contributed by atoms with Gasteiger partial charge in [-0.1, -0.05) is 6.92 Å². The first-order valence-corrected chi connectivity index (χ1v) is 3.29. The van der Waals surface area contributed by atoms with Crippen LogP contribution in [0.4, 0.5) is 26.3 Å². The second-order valence-electron chi connectivity index (χ2n) is 2.99. The first-order chi connectivity index (χ1) is 5.15. The van der Waals surface area contributed by atoms with E-state index in [9.17, 15) is 26.3 Å². The fraction of sp³-hybridized carbons (Fsp3) is 1.00. The topological polar surface area (TPSA) is 0 Å². The van der Waals surface area contributed by atoms with E-state index in [2.05, 4.69) is 0 Å². The second kappa shape index (κ2) is 2.29. The Morgan fingerprint density at radius 2 is 1.00 bits per heavy atom. The fourth-order valence-corrected chi connectivity index (χ4v) is 1.47. The lowest BCUT2D eigenvalue weighted by atomic mass is 10.3. The van der Waals surface area contributed by atoms with Crippen molar-refractivity contribution in [3.8, 4) is 0 Å². The molecule has 0 aromatic rings. The highest BCUT2D eigenvalue weighted by atomic mass is 19.4. The Hall–Kier alpha value is -0.420.